The second-order valence-electron chi connectivity index (χ2n) is 7.75. The maximum atomic E-state index is 12.1. The van der Waals surface area contributed by atoms with Crippen molar-refractivity contribution in [3.05, 3.63) is 24.3 Å². The molecule has 2 aliphatic rings. The molecule has 0 unspecified atom stereocenters. The van der Waals surface area contributed by atoms with Crippen LogP contribution in [0.1, 0.15) is 26.2 Å². The third-order valence-electron chi connectivity index (χ3n) is 5.47. The topological polar surface area (TPSA) is 73.9 Å². The van der Waals surface area contributed by atoms with Crippen LogP contribution in [0.2, 0.25) is 0 Å². The predicted octanol–water partition coefficient (Wildman–Crippen LogP) is 1.70. The fourth-order valence-corrected chi connectivity index (χ4v) is 3.61. The van der Waals surface area contributed by atoms with Crippen LogP contribution in [-0.2, 0) is 14.3 Å². The van der Waals surface area contributed by atoms with Gasteiger partial charge in [0.25, 0.3) is 0 Å². The number of piperidine rings is 1. The molecule has 2 fully saturated rings. The van der Waals surface area contributed by atoms with Gasteiger partial charge >= 0.3 is 0 Å². The maximum absolute atomic E-state index is 12.1. The molecule has 1 aromatic rings. The maximum Gasteiger partial charge on any atom is 0.233 e. The zero-order valence-electron chi connectivity index (χ0n) is 16.8. The van der Waals surface area contributed by atoms with Gasteiger partial charge in [0, 0.05) is 50.6 Å². The van der Waals surface area contributed by atoms with Crippen molar-refractivity contribution in [3.63, 3.8) is 0 Å². The molecule has 2 amide bonds. The van der Waals surface area contributed by atoms with E-state index in [1.807, 2.05) is 24.3 Å². The fourth-order valence-electron chi connectivity index (χ4n) is 3.61. The molecule has 0 bridgehead atoms. The van der Waals surface area contributed by atoms with Gasteiger partial charge in [-0.25, -0.2) is 0 Å². The Bertz CT molecular complexity index is 636. The first-order valence-electron chi connectivity index (χ1n) is 10.3. The minimum absolute atomic E-state index is 0.158. The summed E-state index contributed by atoms with van der Waals surface area (Å²) in [6, 6.07) is 7.88. The van der Waals surface area contributed by atoms with Gasteiger partial charge in [0.05, 0.1) is 13.2 Å². The number of nitrogens with one attached hydrogen (secondary N) is 2. The van der Waals surface area contributed by atoms with E-state index in [1.54, 1.807) is 0 Å². The van der Waals surface area contributed by atoms with Crippen LogP contribution >= 0.6 is 0 Å². The molecule has 0 aliphatic carbocycles. The number of morpholine rings is 1. The zero-order valence-corrected chi connectivity index (χ0v) is 16.8. The largest absolute Gasteiger partial charge is 0.379 e. The summed E-state index contributed by atoms with van der Waals surface area (Å²) < 4.78 is 5.30. The molecule has 7 nitrogen and oxygen atoms in total. The van der Waals surface area contributed by atoms with E-state index in [0.29, 0.717) is 6.54 Å². The van der Waals surface area contributed by atoms with Gasteiger partial charge in [0.1, 0.15) is 6.42 Å². The van der Waals surface area contributed by atoms with Gasteiger partial charge in [-0.05, 0) is 43.0 Å². The summed E-state index contributed by atoms with van der Waals surface area (Å²) in [5.41, 5.74) is 1.91. The number of rotatable bonds is 7. The molecule has 0 radical (unpaired) electrons. The van der Waals surface area contributed by atoms with Crippen LogP contribution in [0.25, 0.3) is 0 Å². The average molecular weight is 389 g/mol. The molecular weight excluding hydrogens is 356 g/mol. The van der Waals surface area contributed by atoms with E-state index in [0.717, 1.165) is 57.5 Å². The molecule has 0 spiro atoms. The highest BCUT2D eigenvalue weighted by molar-refractivity contribution is 6.03. The van der Waals surface area contributed by atoms with Crippen LogP contribution in [-0.4, -0.2) is 69.2 Å². The van der Waals surface area contributed by atoms with Gasteiger partial charge in [-0.2, -0.15) is 0 Å². The van der Waals surface area contributed by atoms with Crippen molar-refractivity contribution in [2.75, 3.05) is 62.7 Å². The molecule has 28 heavy (non-hydrogen) atoms. The summed E-state index contributed by atoms with van der Waals surface area (Å²) in [6.07, 6.45) is 2.28. The summed E-state index contributed by atoms with van der Waals surface area (Å²) in [6.45, 7) is 9.07. The zero-order chi connectivity index (χ0) is 19.8. The fraction of sp³-hybridized carbons (Fsp3) is 0.619. The molecule has 0 atom stereocenters. The van der Waals surface area contributed by atoms with Crippen LogP contribution in [0, 0.1) is 5.92 Å². The Balaban J connectivity index is 1.36. The third kappa shape index (κ3) is 6.49. The molecule has 3 rings (SSSR count). The van der Waals surface area contributed by atoms with Crippen LogP contribution in [0.3, 0.4) is 0 Å². The Morgan fingerprint density at radius 1 is 1.04 bits per heavy atom. The van der Waals surface area contributed by atoms with Crippen molar-refractivity contribution in [3.8, 4) is 0 Å². The number of hydrogen-bond acceptors (Lipinski definition) is 5. The monoisotopic (exact) mass is 388 g/mol. The Labute approximate surface area is 167 Å². The summed E-state index contributed by atoms with van der Waals surface area (Å²) >= 11 is 0. The van der Waals surface area contributed by atoms with E-state index in [-0.39, 0.29) is 18.2 Å². The number of carbonyl (C=O) groups is 2. The lowest BCUT2D eigenvalue weighted by atomic mass is 9.99. The Hall–Kier alpha value is -2.12. The van der Waals surface area contributed by atoms with Crippen molar-refractivity contribution >= 4 is 23.2 Å². The van der Waals surface area contributed by atoms with Gasteiger partial charge in [-0.15, -0.1) is 0 Å². The predicted molar refractivity (Wildman–Crippen MR) is 111 cm³/mol. The standard InChI is InChI=1S/C21H32N4O3/c1-17-6-9-25(10-7-17)19-4-2-18(3-5-19)23-21(27)16-20(26)22-8-11-24-12-14-28-15-13-24/h2-5,17H,6-16H2,1H3,(H,22,26)(H,23,27). The molecular formula is C21H32N4O3. The normalized spacial score (nSPS) is 18.7. The SMILES string of the molecule is CC1CCN(c2ccc(NC(=O)CC(=O)NCCN3CCOCC3)cc2)CC1. The van der Waals surface area contributed by atoms with E-state index in [9.17, 15) is 9.59 Å². The quantitative estimate of drug-likeness (QED) is 0.696. The number of carbonyl (C=O) groups excluding carboxylic acids is 2. The van der Waals surface area contributed by atoms with Crippen LogP contribution in [0.5, 0.6) is 0 Å². The molecule has 2 saturated heterocycles. The van der Waals surface area contributed by atoms with Crippen molar-refractivity contribution < 1.29 is 14.3 Å². The van der Waals surface area contributed by atoms with Crippen LogP contribution in [0.4, 0.5) is 11.4 Å². The second kappa shape index (κ2) is 10.4. The first-order chi connectivity index (χ1) is 13.6. The van der Waals surface area contributed by atoms with Crippen molar-refractivity contribution in [1.29, 1.82) is 0 Å². The number of nitrogens with zero attached hydrogens (tertiary/aromatic N) is 2. The first-order valence-corrected chi connectivity index (χ1v) is 10.3. The summed E-state index contributed by atoms with van der Waals surface area (Å²) in [4.78, 5) is 28.7. The van der Waals surface area contributed by atoms with Crippen LogP contribution in [0.15, 0.2) is 24.3 Å². The average Bonchev–Trinajstić information content (AvgIpc) is 2.70. The number of ether oxygens (including phenoxy) is 1. The molecule has 0 aromatic heterocycles. The molecule has 0 saturated carbocycles. The van der Waals surface area contributed by atoms with Crippen molar-refractivity contribution in [2.24, 2.45) is 5.92 Å². The molecule has 2 aliphatic heterocycles. The molecule has 7 heteroatoms. The van der Waals surface area contributed by atoms with E-state index in [1.165, 1.54) is 18.5 Å². The van der Waals surface area contributed by atoms with Gasteiger partial charge in [0.2, 0.25) is 11.8 Å². The Kier molecular flexibility index (Phi) is 7.68. The minimum atomic E-state index is -0.289. The minimum Gasteiger partial charge on any atom is -0.379 e. The number of amides is 2. The van der Waals surface area contributed by atoms with Gasteiger partial charge in [-0.1, -0.05) is 6.92 Å². The smallest absolute Gasteiger partial charge is 0.233 e. The Morgan fingerprint density at radius 2 is 1.71 bits per heavy atom. The molecule has 154 valence electrons. The first kappa shape index (κ1) is 20.6. The van der Waals surface area contributed by atoms with Crippen molar-refractivity contribution in [2.45, 2.75) is 26.2 Å². The highest BCUT2D eigenvalue weighted by Gasteiger charge is 2.16. The lowest BCUT2D eigenvalue weighted by Crippen LogP contribution is -2.41. The van der Waals surface area contributed by atoms with E-state index < -0.39 is 0 Å². The Morgan fingerprint density at radius 3 is 2.39 bits per heavy atom. The molecule has 1 aromatic carbocycles. The highest BCUT2D eigenvalue weighted by Crippen LogP contribution is 2.24. The summed E-state index contributed by atoms with van der Waals surface area (Å²) in [5, 5.41) is 5.62. The lowest BCUT2D eigenvalue weighted by molar-refractivity contribution is -0.126. The second-order valence-corrected chi connectivity index (χ2v) is 7.75. The van der Waals surface area contributed by atoms with Gasteiger partial charge < -0.3 is 20.3 Å². The lowest BCUT2D eigenvalue weighted by Gasteiger charge is -2.32. The van der Waals surface area contributed by atoms with Gasteiger partial charge in [-0.3, -0.25) is 14.5 Å². The van der Waals surface area contributed by atoms with Crippen LogP contribution < -0.4 is 15.5 Å². The highest BCUT2D eigenvalue weighted by atomic mass is 16.5. The molecule has 2 N–H and O–H groups in total. The number of benzene rings is 1. The number of hydrogen-bond donors (Lipinski definition) is 2. The third-order valence-corrected chi connectivity index (χ3v) is 5.47. The number of anilines is 2. The van der Waals surface area contributed by atoms with E-state index >= 15 is 0 Å². The van der Waals surface area contributed by atoms with E-state index in [4.69, 9.17) is 4.74 Å². The van der Waals surface area contributed by atoms with Gasteiger partial charge in [0.15, 0.2) is 0 Å². The van der Waals surface area contributed by atoms with Crippen molar-refractivity contribution in [1.82, 2.24) is 10.2 Å². The van der Waals surface area contributed by atoms with E-state index in [2.05, 4.69) is 27.4 Å². The summed E-state index contributed by atoms with van der Waals surface area (Å²) in [5.74, 6) is 0.267. The summed E-state index contributed by atoms with van der Waals surface area (Å²) in [7, 11) is 0. The molecule has 2 heterocycles.